The van der Waals surface area contributed by atoms with E-state index in [-0.39, 0.29) is 12.5 Å². The van der Waals surface area contributed by atoms with Crippen molar-refractivity contribution in [2.45, 2.75) is 20.4 Å². The molecule has 1 N–H and O–H groups in total. The number of amides is 1. The van der Waals surface area contributed by atoms with E-state index in [0.29, 0.717) is 16.7 Å². The molecule has 1 amide bonds. The Morgan fingerprint density at radius 2 is 1.76 bits per heavy atom. The van der Waals surface area contributed by atoms with Crippen LogP contribution in [-0.2, 0) is 11.3 Å². The van der Waals surface area contributed by atoms with Gasteiger partial charge in [0.15, 0.2) is 0 Å². The monoisotopic (exact) mass is 407 g/mol. The summed E-state index contributed by atoms with van der Waals surface area (Å²) in [5.41, 5.74) is 3.58. The standard InChI is InChI=1S/C20H18ClN7O/c1-13-3-9-17(10-4-13)28-18(11-14(2)24-28)22-19(29)12-27-25-20(23-26-27)15-5-7-16(21)8-6-15/h3-11H,12H2,1-2H3,(H,22,29). The number of nitrogens with one attached hydrogen (secondary N) is 1. The van der Waals surface area contributed by atoms with E-state index < -0.39 is 0 Å². The third-order valence-corrected chi connectivity index (χ3v) is 4.47. The van der Waals surface area contributed by atoms with E-state index in [2.05, 4.69) is 25.8 Å². The van der Waals surface area contributed by atoms with Gasteiger partial charge in [-0.25, -0.2) is 4.68 Å². The first kappa shape index (κ1) is 18.8. The number of aromatic nitrogens is 6. The molecule has 2 aromatic heterocycles. The van der Waals surface area contributed by atoms with Crippen molar-refractivity contribution in [3.05, 3.63) is 70.9 Å². The minimum Gasteiger partial charge on any atom is -0.309 e. The number of hydrogen-bond acceptors (Lipinski definition) is 5. The van der Waals surface area contributed by atoms with Gasteiger partial charge in [-0.1, -0.05) is 29.3 Å². The van der Waals surface area contributed by atoms with Crippen molar-refractivity contribution in [3.63, 3.8) is 0 Å². The lowest BCUT2D eigenvalue weighted by Crippen LogP contribution is -2.22. The van der Waals surface area contributed by atoms with Gasteiger partial charge in [0.2, 0.25) is 11.7 Å². The molecular formula is C20H18ClN7O. The van der Waals surface area contributed by atoms with Crippen molar-refractivity contribution in [1.29, 1.82) is 0 Å². The van der Waals surface area contributed by atoms with E-state index in [1.807, 2.05) is 44.2 Å². The lowest BCUT2D eigenvalue weighted by molar-refractivity contribution is -0.117. The van der Waals surface area contributed by atoms with Crippen LogP contribution in [0.3, 0.4) is 0 Å². The van der Waals surface area contributed by atoms with Gasteiger partial charge in [0, 0.05) is 16.7 Å². The minimum absolute atomic E-state index is 0.0707. The molecular weight excluding hydrogens is 390 g/mol. The number of nitrogens with zero attached hydrogens (tertiary/aromatic N) is 6. The third-order valence-electron chi connectivity index (χ3n) is 4.22. The number of tetrazole rings is 1. The average molecular weight is 408 g/mol. The molecule has 2 aromatic carbocycles. The Bertz CT molecular complexity index is 1150. The molecule has 4 aromatic rings. The van der Waals surface area contributed by atoms with Crippen LogP contribution >= 0.6 is 11.6 Å². The summed E-state index contributed by atoms with van der Waals surface area (Å²) in [4.78, 5) is 13.8. The number of carbonyl (C=O) groups excluding carboxylic acids is 1. The molecule has 0 aliphatic carbocycles. The highest BCUT2D eigenvalue weighted by Gasteiger charge is 2.13. The topological polar surface area (TPSA) is 90.5 Å². The second kappa shape index (κ2) is 7.84. The van der Waals surface area contributed by atoms with Crippen LogP contribution in [0.4, 0.5) is 5.82 Å². The largest absolute Gasteiger partial charge is 0.309 e. The molecule has 0 aliphatic heterocycles. The summed E-state index contributed by atoms with van der Waals surface area (Å²) in [6.07, 6.45) is 0. The smallest absolute Gasteiger partial charge is 0.249 e. The second-order valence-corrected chi connectivity index (χ2v) is 7.05. The van der Waals surface area contributed by atoms with Crippen LogP contribution in [0.5, 0.6) is 0 Å². The summed E-state index contributed by atoms with van der Waals surface area (Å²) in [6, 6.07) is 16.8. The highest BCUT2D eigenvalue weighted by Crippen LogP contribution is 2.19. The molecule has 0 radical (unpaired) electrons. The third kappa shape index (κ3) is 4.33. The number of carbonyl (C=O) groups is 1. The molecule has 0 fully saturated rings. The van der Waals surface area contributed by atoms with Crippen molar-refractivity contribution in [2.24, 2.45) is 0 Å². The van der Waals surface area contributed by atoms with Gasteiger partial charge in [-0.15, -0.1) is 10.2 Å². The Kier molecular flexibility index (Phi) is 5.09. The molecule has 2 heterocycles. The summed E-state index contributed by atoms with van der Waals surface area (Å²) in [7, 11) is 0. The number of anilines is 1. The Hall–Kier alpha value is -3.52. The highest BCUT2D eigenvalue weighted by molar-refractivity contribution is 6.30. The quantitative estimate of drug-likeness (QED) is 0.547. The van der Waals surface area contributed by atoms with E-state index in [9.17, 15) is 4.79 Å². The van der Waals surface area contributed by atoms with E-state index in [1.165, 1.54) is 4.80 Å². The zero-order valence-corrected chi connectivity index (χ0v) is 16.6. The van der Waals surface area contributed by atoms with Crippen molar-refractivity contribution >= 4 is 23.3 Å². The Labute approximate surface area is 172 Å². The molecule has 0 aliphatic rings. The first-order valence-corrected chi connectivity index (χ1v) is 9.33. The van der Waals surface area contributed by atoms with E-state index in [4.69, 9.17) is 11.6 Å². The fourth-order valence-corrected chi connectivity index (χ4v) is 2.93. The predicted molar refractivity (Wildman–Crippen MR) is 110 cm³/mol. The van der Waals surface area contributed by atoms with Gasteiger partial charge in [0.05, 0.1) is 11.4 Å². The van der Waals surface area contributed by atoms with Crippen molar-refractivity contribution in [3.8, 4) is 17.1 Å². The van der Waals surface area contributed by atoms with Gasteiger partial charge in [-0.3, -0.25) is 4.79 Å². The van der Waals surface area contributed by atoms with Gasteiger partial charge >= 0.3 is 0 Å². The molecule has 0 unspecified atom stereocenters. The molecule has 29 heavy (non-hydrogen) atoms. The zero-order chi connectivity index (χ0) is 20.4. The van der Waals surface area contributed by atoms with Crippen LogP contribution in [0.1, 0.15) is 11.3 Å². The summed E-state index contributed by atoms with van der Waals surface area (Å²) in [6.45, 7) is 3.82. The SMILES string of the molecule is Cc1ccc(-n2nc(C)cc2NC(=O)Cn2nnc(-c3ccc(Cl)cc3)n2)cc1. The number of hydrogen-bond donors (Lipinski definition) is 1. The minimum atomic E-state index is -0.279. The molecule has 0 atom stereocenters. The normalized spacial score (nSPS) is 10.9. The van der Waals surface area contributed by atoms with Crippen molar-refractivity contribution in [2.75, 3.05) is 5.32 Å². The lowest BCUT2D eigenvalue weighted by atomic mass is 10.2. The maximum Gasteiger partial charge on any atom is 0.249 e. The van der Waals surface area contributed by atoms with Crippen molar-refractivity contribution < 1.29 is 4.79 Å². The second-order valence-electron chi connectivity index (χ2n) is 6.62. The van der Waals surface area contributed by atoms with Crippen LogP contribution in [0, 0.1) is 13.8 Å². The highest BCUT2D eigenvalue weighted by atomic mass is 35.5. The molecule has 9 heteroatoms. The Morgan fingerprint density at radius 1 is 1.03 bits per heavy atom. The van der Waals surface area contributed by atoms with E-state index >= 15 is 0 Å². The lowest BCUT2D eigenvalue weighted by Gasteiger charge is -2.09. The van der Waals surface area contributed by atoms with E-state index in [0.717, 1.165) is 22.5 Å². The number of benzene rings is 2. The molecule has 0 saturated carbocycles. The Morgan fingerprint density at radius 3 is 2.48 bits per heavy atom. The average Bonchev–Trinajstić information content (AvgIpc) is 3.29. The first-order chi connectivity index (χ1) is 14.0. The summed E-state index contributed by atoms with van der Waals surface area (Å²) in [5, 5.41) is 20.2. The zero-order valence-electron chi connectivity index (χ0n) is 15.9. The fraction of sp³-hybridized carbons (Fsp3) is 0.150. The van der Waals surface area contributed by atoms with Gasteiger partial charge in [-0.05, 0) is 55.5 Å². The number of aryl methyl sites for hydroxylation is 2. The number of rotatable bonds is 5. The van der Waals surface area contributed by atoms with Crippen LogP contribution in [-0.4, -0.2) is 35.9 Å². The molecule has 0 saturated heterocycles. The van der Waals surface area contributed by atoms with Gasteiger partial charge < -0.3 is 5.32 Å². The summed E-state index contributed by atoms with van der Waals surface area (Å²) < 4.78 is 1.70. The summed E-state index contributed by atoms with van der Waals surface area (Å²) in [5.74, 6) is 0.725. The number of halogens is 1. The van der Waals surface area contributed by atoms with Crippen molar-refractivity contribution in [1.82, 2.24) is 30.0 Å². The summed E-state index contributed by atoms with van der Waals surface area (Å²) >= 11 is 5.89. The molecule has 4 rings (SSSR count). The maximum atomic E-state index is 12.5. The fourth-order valence-electron chi connectivity index (χ4n) is 2.81. The molecule has 0 spiro atoms. The predicted octanol–water partition coefficient (Wildman–Crippen LogP) is 3.43. The molecule has 146 valence electrons. The Balaban J connectivity index is 1.48. The van der Waals surface area contributed by atoms with Gasteiger partial charge in [-0.2, -0.15) is 9.90 Å². The van der Waals surface area contributed by atoms with Crippen LogP contribution < -0.4 is 5.32 Å². The maximum absolute atomic E-state index is 12.5. The van der Waals surface area contributed by atoms with Gasteiger partial charge in [0.25, 0.3) is 0 Å². The van der Waals surface area contributed by atoms with Gasteiger partial charge in [0.1, 0.15) is 12.4 Å². The van der Waals surface area contributed by atoms with E-state index in [1.54, 1.807) is 28.9 Å². The first-order valence-electron chi connectivity index (χ1n) is 8.95. The molecule has 0 bridgehead atoms. The van der Waals surface area contributed by atoms with Crippen LogP contribution in [0.15, 0.2) is 54.6 Å². The van der Waals surface area contributed by atoms with Crippen LogP contribution in [0.25, 0.3) is 17.1 Å². The molecule has 8 nitrogen and oxygen atoms in total. The van der Waals surface area contributed by atoms with Crippen LogP contribution in [0.2, 0.25) is 5.02 Å².